The zero-order valence-electron chi connectivity index (χ0n) is 13.9. The van der Waals surface area contributed by atoms with Gasteiger partial charge in [-0.3, -0.25) is 4.79 Å². The van der Waals surface area contributed by atoms with Gasteiger partial charge in [-0.05, 0) is 29.3 Å². The van der Waals surface area contributed by atoms with Crippen LogP contribution in [-0.4, -0.2) is 17.4 Å². The summed E-state index contributed by atoms with van der Waals surface area (Å²) in [5, 5.41) is 4.29. The Balaban J connectivity index is 1.67. The predicted molar refractivity (Wildman–Crippen MR) is 102 cm³/mol. The van der Waals surface area contributed by atoms with Crippen molar-refractivity contribution in [2.24, 2.45) is 0 Å². The molecule has 1 amide bonds. The molecule has 2 aromatic carbocycles. The van der Waals surface area contributed by atoms with Gasteiger partial charge in [0.2, 0.25) is 5.91 Å². The lowest BCUT2D eigenvalue weighted by molar-refractivity contribution is -0.120. The van der Waals surface area contributed by atoms with Crippen molar-refractivity contribution in [3.8, 4) is 0 Å². The molecule has 0 spiro atoms. The third-order valence-electron chi connectivity index (χ3n) is 4.30. The number of H-pyrrole nitrogens is 1. The number of fused-ring (bicyclic) bond motifs is 1. The molecule has 1 aromatic heterocycles. The van der Waals surface area contributed by atoms with Crippen LogP contribution in [0.25, 0.3) is 10.9 Å². The van der Waals surface area contributed by atoms with Crippen molar-refractivity contribution in [1.29, 1.82) is 0 Å². The van der Waals surface area contributed by atoms with Crippen LogP contribution in [0.4, 0.5) is 0 Å². The fraction of sp³-hybridized carbons (Fsp3) is 0.250. The highest BCUT2D eigenvalue weighted by Crippen LogP contribution is 2.29. The van der Waals surface area contributed by atoms with Crippen molar-refractivity contribution in [2.45, 2.75) is 25.7 Å². The normalized spacial score (nSPS) is 11.6. The van der Waals surface area contributed by atoms with Crippen molar-refractivity contribution in [2.75, 3.05) is 6.54 Å². The third kappa shape index (κ3) is 3.70. The largest absolute Gasteiger partial charge is 0.361 e. The summed E-state index contributed by atoms with van der Waals surface area (Å²) in [5.74, 6) is 0.0426. The fourth-order valence-corrected chi connectivity index (χ4v) is 3.39. The van der Waals surface area contributed by atoms with Crippen LogP contribution in [0.3, 0.4) is 0 Å². The summed E-state index contributed by atoms with van der Waals surface area (Å²) in [6.45, 7) is 4.91. The summed E-state index contributed by atoms with van der Waals surface area (Å²) >= 11 is 3.44. The molecule has 1 heterocycles. The molecule has 0 aliphatic rings. The summed E-state index contributed by atoms with van der Waals surface area (Å²) in [7, 11) is 0. The van der Waals surface area contributed by atoms with Crippen molar-refractivity contribution in [3.05, 3.63) is 70.3 Å². The topological polar surface area (TPSA) is 44.9 Å². The first-order valence-electron chi connectivity index (χ1n) is 8.03. The minimum absolute atomic E-state index is 0.0426. The molecule has 0 unspecified atom stereocenters. The number of hydrogen-bond acceptors (Lipinski definition) is 1. The standard InChI is InChI=1S/C20H21BrN2O/c1-20(2,17-12-22-18-9-4-3-8-16(17)18)13-23-19(24)11-14-6-5-7-15(21)10-14/h3-10,12,22H,11,13H2,1-2H3,(H,23,24). The number of aromatic nitrogens is 1. The second-order valence-corrected chi connectivity index (χ2v) is 7.63. The van der Waals surface area contributed by atoms with Gasteiger partial charge in [-0.15, -0.1) is 0 Å². The highest BCUT2D eigenvalue weighted by Gasteiger charge is 2.24. The number of hydrogen-bond donors (Lipinski definition) is 2. The summed E-state index contributed by atoms with van der Waals surface area (Å²) in [5.41, 5.74) is 3.21. The van der Waals surface area contributed by atoms with E-state index in [1.807, 2.05) is 42.6 Å². The molecule has 0 aliphatic carbocycles. The molecule has 0 atom stereocenters. The number of carbonyl (C=O) groups excluding carboxylic acids is 1. The molecule has 0 saturated heterocycles. The van der Waals surface area contributed by atoms with Crippen LogP contribution < -0.4 is 5.32 Å². The van der Waals surface area contributed by atoms with Crippen molar-refractivity contribution < 1.29 is 4.79 Å². The summed E-state index contributed by atoms with van der Waals surface area (Å²) in [6, 6.07) is 16.1. The van der Waals surface area contributed by atoms with Crippen LogP contribution in [0.15, 0.2) is 59.2 Å². The quantitative estimate of drug-likeness (QED) is 0.664. The second kappa shape index (κ2) is 6.81. The summed E-state index contributed by atoms with van der Waals surface area (Å²) in [4.78, 5) is 15.6. The van der Waals surface area contributed by atoms with Crippen molar-refractivity contribution in [1.82, 2.24) is 10.3 Å². The van der Waals surface area contributed by atoms with Crippen LogP contribution >= 0.6 is 15.9 Å². The van der Waals surface area contributed by atoms with Gasteiger partial charge in [-0.1, -0.05) is 60.1 Å². The van der Waals surface area contributed by atoms with Gasteiger partial charge in [0.25, 0.3) is 0 Å². The molecule has 3 nitrogen and oxygen atoms in total. The average molecular weight is 385 g/mol. The maximum Gasteiger partial charge on any atom is 0.224 e. The Hall–Kier alpha value is -2.07. The molecule has 0 aliphatic heterocycles. The number of nitrogens with one attached hydrogen (secondary N) is 2. The number of rotatable bonds is 5. The first kappa shape index (κ1) is 16.8. The maximum absolute atomic E-state index is 12.3. The predicted octanol–water partition coefficient (Wildman–Crippen LogP) is 4.57. The van der Waals surface area contributed by atoms with Crippen LogP contribution in [-0.2, 0) is 16.6 Å². The third-order valence-corrected chi connectivity index (χ3v) is 4.79. The van der Waals surface area contributed by atoms with E-state index in [-0.39, 0.29) is 11.3 Å². The van der Waals surface area contributed by atoms with Crippen LogP contribution in [0.5, 0.6) is 0 Å². The second-order valence-electron chi connectivity index (χ2n) is 6.72. The van der Waals surface area contributed by atoms with E-state index in [9.17, 15) is 4.79 Å². The Bertz CT molecular complexity index is 867. The minimum atomic E-state index is -0.146. The molecule has 4 heteroatoms. The summed E-state index contributed by atoms with van der Waals surface area (Å²) < 4.78 is 0.993. The molecule has 0 bridgehead atoms. The lowest BCUT2D eigenvalue weighted by Crippen LogP contribution is -2.37. The molecule has 3 rings (SSSR count). The Morgan fingerprint density at radius 1 is 1.17 bits per heavy atom. The molecule has 124 valence electrons. The van der Waals surface area contributed by atoms with E-state index >= 15 is 0 Å². The van der Waals surface area contributed by atoms with Crippen LogP contribution in [0.2, 0.25) is 0 Å². The number of carbonyl (C=O) groups is 1. The van der Waals surface area contributed by atoms with Crippen molar-refractivity contribution >= 4 is 32.7 Å². The van der Waals surface area contributed by atoms with Gasteiger partial charge < -0.3 is 10.3 Å². The van der Waals surface area contributed by atoms with Gasteiger partial charge in [-0.25, -0.2) is 0 Å². The number of halogens is 1. The van der Waals surface area contributed by atoms with Gasteiger partial charge in [0.1, 0.15) is 0 Å². The number of para-hydroxylation sites is 1. The minimum Gasteiger partial charge on any atom is -0.361 e. The highest BCUT2D eigenvalue weighted by molar-refractivity contribution is 9.10. The molecule has 24 heavy (non-hydrogen) atoms. The van der Waals surface area contributed by atoms with E-state index in [0.29, 0.717) is 13.0 Å². The maximum atomic E-state index is 12.3. The van der Waals surface area contributed by atoms with Crippen molar-refractivity contribution in [3.63, 3.8) is 0 Å². The molecule has 2 N–H and O–H groups in total. The fourth-order valence-electron chi connectivity index (χ4n) is 2.94. The Labute approximate surface area is 150 Å². The van der Waals surface area contributed by atoms with E-state index in [1.54, 1.807) is 0 Å². The first-order valence-corrected chi connectivity index (χ1v) is 8.83. The van der Waals surface area contributed by atoms with E-state index in [1.165, 1.54) is 10.9 Å². The molecule has 0 saturated carbocycles. The van der Waals surface area contributed by atoms with E-state index in [4.69, 9.17) is 0 Å². The SMILES string of the molecule is CC(C)(CNC(=O)Cc1cccc(Br)c1)c1c[nH]c2ccccc12. The molecular formula is C20H21BrN2O. The zero-order valence-corrected chi connectivity index (χ0v) is 15.5. The number of amides is 1. The lowest BCUT2D eigenvalue weighted by Gasteiger charge is -2.25. The highest BCUT2D eigenvalue weighted by atomic mass is 79.9. The molecule has 3 aromatic rings. The van der Waals surface area contributed by atoms with Gasteiger partial charge >= 0.3 is 0 Å². The Morgan fingerprint density at radius 3 is 2.75 bits per heavy atom. The average Bonchev–Trinajstić information content (AvgIpc) is 2.98. The Kier molecular flexibility index (Phi) is 4.76. The van der Waals surface area contributed by atoms with E-state index < -0.39 is 0 Å². The molecule has 0 fully saturated rings. The van der Waals surface area contributed by atoms with Gasteiger partial charge in [0.05, 0.1) is 6.42 Å². The summed E-state index contributed by atoms with van der Waals surface area (Å²) in [6.07, 6.45) is 2.44. The van der Waals surface area contributed by atoms with Gasteiger partial charge in [0, 0.05) is 33.5 Å². The molecular weight excluding hydrogens is 364 g/mol. The zero-order chi connectivity index (χ0) is 17.2. The molecule has 0 radical (unpaired) electrons. The smallest absolute Gasteiger partial charge is 0.224 e. The van der Waals surface area contributed by atoms with E-state index in [0.717, 1.165) is 15.6 Å². The Morgan fingerprint density at radius 2 is 1.96 bits per heavy atom. The van der Waals surface area contributed by atoms with Gasteiger partial charge in [-0.2, -0.15) is 0 Å². The van der Waals surface area contributed by atoms with Gasteiger partial charge in [0.15, 0.2) is 0 Å². The van der Waals surface area contributed by atoms with Crippen LogP contribution in [0.1, 0.15) is 25.0 Å². The van der Waals surface area contributed by atoms with Crippen LogP contribution in [0, 0.1) is 0 Å². The number of benzene rings is 2. The first-order chi connectivity index (χ1) is 11.5. The number of aromatic amines is 1. The lowest BCUT2D eigenvalue weighted by atomic mass is 9.84. The monoisotopic (exact) mass is 384 g/mol. The van der Waals surface area contributed by atoms with E-state index in [2.05, 4.69) is 52.2 Å².